The molecule has 2 N–H and O–H groups in total. The van der Waals surface area contributed by atoms with Gasteiger partial charge in [-0.15, -0.1) is 0 Å². The molecule has 0 atom stereocenters. The zero-order valence-corrected chi connectivity index (χ0v) is 6.58. The van der Waals surface area contributed by atoms with E-state index < -0.39 is 0 Å². The molecule has 0 aromatic heterocycles. The number of benzene rings is 1. The van der Waals surface area contributed by atoms with E-state index in [4.69, 9.17) is 9.11 Å². The molecule has 1 aromatic carbocycles. The summed E-state index contributed by atoms with van der Waals surface area (Å²) >= 11 is 1.19. The minimum Gasteiger partial charge on any atom is -0.325 e. The van der Waals surface area contributed by atoms with E-state index in [-0.39, 0.29) is 0 Å². The van der Waals surface area contributed by atoms with E-state index >= 15 is 0 Å². The van der Waals surface area contributed by atoms with Gasteiger partial charge in [0, 0.05) is 30.2 Å². The van der Waals surface area contributed by atoms with Gasteiger partial charge in [0.15, 0.2) is 0 Å². The third-order valence-corrected chi connectivity index (χ3v) is 2.16. The van der Waals surface area contributed by atoms with Crippen molar-refractivity contribution in [2.45, 2.75) is 9.79 Å². The van der Waals surface area contributed by atoms with Crippen LogP contribution in [0.2, 0.25) is 0 Å². The largest absolute Gasteiger partial charge is 0.325 e. The van der Waals surface area contributed by atoms with Crippen LogP contribution in [0.4, 0.5) is 0 Å². The molecular weight excluding hydrogens is 168 g/mol. The fraction of sp³-hybridized carbons (Fsp3) is 0. The second kappa shape index (κ2) is 3.88. The first-order valence-corrected chi connectivity index (χ1v) is 4.06. The number of hydrogen-bond donors (Lipinski definition) is 2. The SMILES string of the molecule is OSc1[c]cccc1SO. The maximum atomic E-state index is 8.62. The van der Waals surface area contributed by atoms with E-state index in [0.29, 0.717) is 33.9 Å². The van der Waals surface area contributed by atoms with Crippen molar-refractivity contribution in [1.82, 2.24) is 0 Å². The molecule has 0 aliphatic rings. The van der Waals surface area contributed by atoms with E-state index in [9.17, 15) is 0 Å². The van der Waals surface area contributed by atoms with E-state index in [2.05, 4.69) is 6.07 Å². The molecule has 2 nitrogen and oxygen atoms in total. The fourth-order valence-electron chi connectivity index (χ4n) is 0.549. The molecule has 0 saturated heterocycles. The van der Waals surface area contributed by atoms with Gasteiger partial charge >= 0.3 is 0 Å². The Bertz CT molecular complexity index is 192. The van der Waals surface area contributed by atoms with Crippen molar-refractivity contribution in [1.29, 1.82) is 0 Å². The molecule has 1 aromatic rings. The third-order valence-electron chi connectivity index (χ3n) is 0.972. The normalized spacial score (nSPS) is 9.80. The van der Waals surface area contributed by atoms with Gasteiger partial charge in [-0.05, 0) is 6.07 Å². The van der Waals surface area contributed by atoms with E-state index in [1.165, 1.54) is 0 Å². The number of hydrogen-bond acceptors (Lipinski definition) is 4. The Hall–Kier alpha value is -0.160. The first-order valence-electron chi connectivity index (χ1n) is 2.52. The smallest absolute Gasteiger partial charge is 0.0588 e. The van der Waals surface area contributed by atoms with Gasteiger partial charge in [0.2, 0.25) is 0 Å². The standard InChI is InChI=1S/C6H5O2S2/c7-9-5-3-1-2-4-6(5)10-8/h1-3,7-8H. The predicted octanol–water partition coefficient (Wildman–Crippen LogP) is 2.62. The fourth-order valence-corrected chi connectivity index (χ4v) is 1.33. The molecule has 1 radical (unpaired) electrons. The molecule has 0 saturated carbocycles. The lowest BCUT2D eigenvalue weighted by atomic mass is 10.4. The summed E-state index contributed by atoms with van der Waals surface area (Å²) in [5.41, 5.74) is 0. The van der Waals surface area contributed by atoms with E-state index in [1.807, 2.05) is 0 Å². The highest BCUT2D eigenvalue weighted by molar-refractivity contribution is 7.96. The van der Waals surface area contributed by atoms with Crippen LogP contribution in [0.25, 0.3) is 0 Å². The number of rotatable bonds is 2. The van der Waals surface area contributed by atoms with Gasteiger partial charge in [-0.25, -0.2) is 0 Å². The Labute approximate surface area is 67.7 Å². The molecule has 0 fully saturated rings. The molecule has 0 aliphatic heterocycles. The molecule has 0 heterocycles. The first kappa shape index (κ1) is 7.94. The van der Waals surface area contributed by atoms with Crippen LogP contribution in [0, 0.1) is 6.07 Å². The Morgan fingerprint density at radius 1 is 1.30 bits per heavy atom. The summed E-state index contributed by atoms with van der Waals surface area (Å²) in [6.45, 7) is 0. The minimum absolute atomic E-state index is 0.551. The molecule has 0 amide bonds. The lowest BCUT2D eigenvalue weighted by Crippen LogP contribution is -1.74. The second-order valence-corrected chi connectivity index (χ2v) is 2.76. The highest BCUT2D eigenvalue weighted by Crippen LogP contribution is 2.25. The van der Waals surface area contributed by atoms with Gasteiger partial charge in [-0.2, -0.15) is 0 Å². The van der Waals surface area contributed by atoms with Crippen molar-refractivity contribution >= 4 is 24.1 Å². The summed E-state index contributed by atoms with van der Waals surface area (Å²) in [4.78, 5) is 1.17. The van der Waals surface area contributed by atoms with Crippen LogP contribution in [-0.4, -0.2) is 9.11 Å². The van der Waals surface area contributed by atoms with Crippen LogP contribution in [0.15, 0.2) is 28.0 Å². The summed E-state index contributed by atoms with van der Waals surface area (Å²) in [5.74, 6) is 0. The van der Waals surface area contributed by atoms with Gasteiger partial charge in [-0.1, -0.05) is 12.1 Å². The van der Waals surface area contributed by atoms with Crippen molar-refractivity contribution in [3.8, 4) is 0 Å². The Morgan fingerprint density at radius 2 is 2.10 bits per heavy atom. The summed E-state index contributed by atoms with van der Waals surface area (Å²) in [6.07, 6.45) is 0. The summed E-state index contributed by atoms with van der Waals surface area (Å²) in [7, 11) is 0. The van der Waals surface area contributed by atoms with Crippen LogP contribution in [0.5, 0.6) is 0 Å². The van der Waals surface area contributed by atoms with E-state index in [0.717, 1.165) is 0 Å². The summed E-state index contributed by atoms with van der Waals surface area (Å²) < 4.78 is 17.2. The van der Waals surface area contributed by atoms with E-state index in [1.54, 1.807) is 18.2 Å². The second-order valence-electron chi connectivity index (χ2n) is 1.55. The zero-order chi connectivity index (χ0) is 7.40. The van der Waals surface area contributed by atoms with Crippen LogP contribution >= 0.6 is 24.1 Å². The molecule has 10 heavy (non-hydrogen) atoms. The maximum absolute atomic E-state index is 8.62. The molecular formula is C6H5O2S2. The third kappa shape index (κ3) is 1.67. The van der Waals surface area contributed by atoms with Crippen molar-refractivity contribution in [2.75, 3.05) is 0 Å². The highest BCUT2D eigenvalue weighted by atomic mass is 32.2. The van der Waals surface area contributed by atoms with Crippen molar-refractivity contribution < 1.29 is 9.11 Å². The lowest BCUT2D eigenvalue weighted by molar-refractivity contribution is 0.652. The lowest BCUT2D eigenvalue weighted by Gasteiger charge is -1.97. The molecule has 0 spiro atoms. The van der Waals surface area contributed by atoms with Crippen LogP contribution in [-0.2, 0) is 0 Å². The van der Waals surface area contributed by atoms with Gasteiger partial charge < -0.3 is 9.11 Å². The molecule has 0 aliphatic carbocycles. The molecule has 53 valence electrons. The predicted molar refractivity (Wildman–Crippen MR) is 42.2 cm³/mol. The van der Waals surface area contributed by atoms with Crippen molar-refractivity contribution in [3.05, 3.63) is 24.3 Å². The first-order chi connectivity index (χ1) is 4.88. The van der Waals surface area contributed by atoms with Crippen LogP contribution in [0.3, 0.4) is 0 Å². The highest BCUT2D eigenvalue weighted by Gasteiger charge is 1.99. The van der Waals surface area contributed by atoms with Crippen LogP contribution in [0.1, 0.15) is 0 Å². The molecule has 0 bridgehead atoms. The van der Waals surface area contributed by atoms with Crippen LogP contribution < -0.4 is 0 Å². The topological polar surface area (TPSA) is 40.5 Å². The van der Waals surface area contributed by atoms with Crippen molar-refractivity contribution in [2.24, 2.45) is 0 Å². The Kier molecular flexibility index (Phi) is 3.08. The quantitative estimate of drug-likeness (QED) is 0.674. The monoisotopic (exact) mass is 173 g/mol. The average Bonchev–Trinajstić information content (AvgIpc) is 2.04. The molecule has 1 rings (SSSR count). The van der Waals surface area contributed by atoms with Gasteiger partial charge in [0.1, 0.15) is 0 Å². The Balaban J connectivity index is 2.96. The van der Waals surface area contributed by atoms with Gasteiger partial charge in [0.25, 0.3) is 0 Å². The van der Waals surface area contributed by atoms with Gasteiger partial charge in [-0.3, -0.25) is 0 Å². The van der Waals surface area contributed by atoms with Crippen molar-refractivity contribution in [3.63, 3.8) is 0 Å². The zero-order valence-electron chi connectivity index (χ0n) is 4.94. The molecule has 0 unspecified atom stereocenters. The Morgan fingerprint density at radius 3 is 2.60 bits per heavy atom. The average molecular weight is 173 g/mol. The van der Waals surface area contributed by atoms with Gasteiger partial charge in [0.05, 0.1) is 9.79 Å². The summed E-state index contributed by atoms with van der Waals surface area (Å²) in [6, 6.07) is 7.90. The maximum Gasteiger partial charge on any atom is 0.0588 e. The summed E-state index contributed by atoms with van der Waals surface area (Å²) in [5, 5.41) is 0. The minimum atomic E-state index is 0.551. The molecule has 4 heteroatoms.